The highest BCUT2D eigenvalue weighted by Gasteiger charge is 2.38. The van der Waals surface area contributed by atoms with Gasteiger partial charge in [-0.1, -0.05) is 26.0 Å². The molecule has 3 rings (SSSR count). The van der Waals surface area contributed by atoms with Gasteiger partial charge in [0.05, 0.1) is 11.3 Å². The molecule has 2 aromatic rings. The normalized spacial score (nSPS) is 17.8. The summed E-state index contributed by atoms with van der Waals surface area (Å²) in [6.07, 6.45) is 2.74. The Morgan fingerprint density at radius 1 is 1.12 bits per heavy atom. The lowest BCUT2D eigenvalue weighted by Crippen LogP contribution is -2.41. The zero-order valence-corrected chi connectivity index (χ0v) is 15.0. The molecule has 0 unspecified atom stereocenters. The average Bonchev–Trinajstić information content (AvgIpc) is 2.51. The van der Waals surface area contributed by atoms with Crippen molar-refractivity contribution in [3.8, 4) is 5.75 Å². The molecule has 0 aliphatic carbocycles. The first kappa shape index (κ1) is 17.2. The fourth-order valence-corrected chi connectivity index (χ4v) is 3.60. The van der Waals surface area contributed by atoms with Crippen LogP contribution in [0.2, 0.25) is 0 Å². The minimum absolute atomic E-state index is 0.0689. The van der Waals surface area contributed by atoms with E-state index in [1.165, 1.54) is 5.56 Å². The Balaban J connectivity index is 1.86. The summed E-state index contributed by atoms with van der Waals surface area (Å²) in [6.45, 7) is 8.71. The van der Waals surface area contributed by atoms with E-state index in [-0.39, 0.29) is 16.6 Å². The minimum atomic E-state index is -0.937. The van der Waals surface area contributed by atoms with Crippen molar-refractivity contribution in [2.45, 2.75) is 45.1 Å². The molecule has 25 heavy (non-hydrogen) atoms. The molecule has 130 valence electrons. The van der Waals surface area contributed by atoms with E-state index < -0.39 is 5.97 Å². The van der Waals surface area contributed by atoms with Crippen LogP contribution in [0.5, 0.6) is 5.75 Å². The topological polar surface area (TPSA) is 58.9 Å². The summed E-state index contributed by atoms with van der Waals surface area (Å²) in [7, 11) is 0. The van der Waals surface area contributed by atoms with Crippen LogP contribution in [0.1, 0.15) is 55.6 Å². The SMILES string of the molecule is CC1(C)CC(C)(C)c2ccc(C=Nc3ccc(C(=O)O)cc3)cc2O1. The van der Waals surface area contributed by atoms with Gasteiger partial charge in [0, 0.05) is 6.21 Å². The molecule has 0 saturated carbocycles. The van der Waals surface area contributed by atoms with Crippen LogP contribution >= 0.6 is 0 Å². The van der Waals surface area contributed by atoms with Gasteiger partial charge in [-0.15, -0.1) is 0 Å². The zero-order chi connectivity index (χ0) is 18.2. The predicted molar refractivity (Wildman–Crippen MR) is 99.4 cm³/mol. The molecule has 2 aromatic carbocycles. The second-order valence-corrected chi connectivity index (χ2v) is 7.79. The summed E-state index contributed by atoms with van der Waals surface area (Å²) in [4.78, 5) is 15.3. The number of benzene rings is 2. The van der Waals surface area contributed by atoms with Crippen molar-refractivity contribution < 1.29 is 14.6 Å². The first-order chi connectivity index (χ1) is 11.7. The molecular formula is C21H23NO3. The average molecular weight is 337 g/mol. The molecule has 0 saturated heterocycles. The van der Waals surface area contributed by atoms with Gasteiger partial charge in [-0.25, -0.2) is 4.79 Å². The number of rotatable bonds is 3. The van der Waals surface area contributed by atoms with E-state index in [9.17, 15) is 4.79 Å². The number of fused-ring (bicyclic) bond motifs is 1. The van der Waals surface area contributed by atoms with Gasteiger partial charge in [-0.05, 0) is 67.1 Å². The van der Waals surface area contributed by atoms with Gasteiger partial charge in [0.2, 0.25) is 0 Å². The van der Waals surface area contributed by atoms with Crippen LogP contribution in [0.25, 0.3) is 0 Å². The highest BCUT2D eigenvalue weighted by Crippen LogP contribution is 2.44. The van der Waals surface area contributed by atoms with Gasteiger partial charge >= 0.3 is 5.97 Å². The van der Waals surface area contributed by atoms with Crippen molar-refractivity contribution in [1.82, 2.24) is 0 Å². The van der Waals surface area contributed by atoms with Gasteiger partial charge in [-0.3, -0.25) is 4.99 Å². The number of hydrogen-bond donors (Lipinski definition) is 1. The molecule has 1 N–H and O–H groups in total. The lowest BCUT2D eigenvalue weighted by atomic mass is 9.73. The van der Waals surface area contributed by atoms with E-state index in [4.69, 9.17) is 9.84 Å². The second kappa shape index (κ2) is 6.03. The molecule has 0 amide bonds. The Hall–Kier alpha value is -2.62. The summed E-state index contributed by atoms with van der Waals surface area (Å²) in [5.41, 5.74) is 3.01. The van der Waals surface area contributed by atoms with E-state index in [0.29, 0.717) is 5.69 Å². The summed E-state index contributed by atoms with van der Waals surface area (Å²) >= 11 is 0. The Morgan fingerprint density at radius 3 is 2.44 bits per heavy atom. The predicted octanol–water partition coefficient (Wildman–Crippen LogP) is 4.97. The number of nitrogens with zero attached hydrogens (tertiary/aromatic N) is 1. The fourth-order valence-electron chi connectivity index (χ4n) is 3.60. The van der Waals surface area contributed by atoms with Gasteiger partial charge in [0.25, 0.3) is 0 Å². The van der Waals surface area contributed by atoms with Gasteiger partial charge in [0.15, 0.2) is 0 Å². The standard InChI is InChI=1S/C21H23NO3/c1-20(2)13-21(3,4)25-18-11-14(5-10-17(18)20)12-22-16-8-6-15(7-9-16)19(23)24/h5-12H,13H2,1-4H3,(H,23,24). The Labute approximate surface area is 148 Å². The molecule has 0 fully saturated rings. The third kappa shape index (κ3) is 3.73. The maximum Gasteiger partial charge on any atom is 0.335 e. The van der Waals surface area contributed by atoms with Gasteiger partial charge in [-0.2, -0.15) is 0 Å². The smallest absolute Gasteiger partial charge is 0.335 e. The molecule has 1 aliphatic rings. The van der Waals surface area contributed by atoms with E-state index in [1.54, 1.807) is 30.5 Å². The highest BCUT2D eigenvalue weighted by atomic mass is 16.5. The molecule has 4 nitrogen and oxygen atoms in total. The van der Waals surface area contributed by atoms with Crippen LogP contribution in [0, 0.1) is 0 Å². The van der Waals surface area contributed by atoms with Crippen LogP contribution in [0.15, 0.2) is 47.5 Å². The van der Waals surface area contributed by atoms with E-state index >= 15 is 0 Å². The molecule has 0 radical (unpaired) electrons. The number of carboxylic acid groups (broad SMARTS) is 1. The summed E-state index contributed by atoms with van der Waals surface area (Å²) in [5.74, 6) is -0.0287. The molecule has 1 heterocycles. The van der Waals surface area contributed by atoms with Crippen molar-refractivity contribution in [2.24, 2.45) is 4.99 Å². The molecule has 0 bridgehead atoms. The van der Waals surface area contributed by atoms with Crippen LogP contribution < -0.4 is 4.74 Å². The molecular weight excluding hydrogens is 314 g/mol. The van der Waals surface area contributed by atoms with Crippen LogP contribution in [0.4, 0.5) is 5.69 Å². The number of aliphatic imine (C=N–C) groups is 1. The Morgan fingerprint density at radius 2 is 1.80 bits per heavy atom. The van der Waals surface area contributed by atoms with Crippen LogP contribution in [0.3, 0.4) is 0 Å². The summed E-state index contributed by atoms with van der Waals surface area (Å²) in [5, 5.41) is 8.93. The van der Waals surface area contributed by atoms with Crippen molar-refractivity contribution in [3.63, 3.8) is 0 Å². The lowest BCUT2D eigenvalue weighted by molar-refractivity contribution is 0.0534. The number of hydrogen-bond acceptors (Lipinski definition) is 3. The fraction of sp³-hybridized carbons (Fsp3) is 0.333. The van der Waals surface area contributed by atoms with Crippen LogP contribution in [-0.2, 0) is 5.41 Å². The van der Waals surface area contributed by atoms with Gasteiger partial charge < -0.3 is 9.84 Å². The summed E-state index contributed by atoms with van der Waals surface area (Å²) < 4.78 is 6.16. The maximum absolute atomic E-state index is 10.9. The largest absolute Gasteiger partial charge is 0.488 e. The van der Waals surface area contributed by atoms with Crippen molar-refractivity contribution in [3.05, 3.63) is 59.2 Å². The lowest BCUT2D eigenvalue weighted by Gasteiger charge is -2.42. The Bertz CT molecular complexity index is 833. The molecule has 4 heteroatoms. The number of carbonyl (C=O) groups is 1. The zero-order valence-electron chi connectivity index (χ0n) is 15.0. The number of ether oxygens (including phenoxy) is 1. The third-order valence-electron chi connectivity index (χ3n) is 4.47. The molecule has 0 aromatic heterocycles. The van der Waals surface area contributed by atoms with Crippen molar-refractivity contribution in [1.29, 1.82) is 0 Å². The van der Waals surface area contributed by atoms with Crippen molar-refractivity contribution >= 4 is 17.9 Å². The van der Waals surface area contributed by atoms with E-state index in [0.717, 1.165) is 17.7 Å². The quantitative estimate of drug-likeness (QED) is 0.804. The highest BCUT2D eigenvalue weighted by molar-refractivity contribution is 5.88. The Kier molecular flexibility index (Phi) is 4.15. The van der Waals surface area contributed by atoms with E-state index in [2.05, 4.69) is 38.8 Å². The second-order valence-electron chi connectivity index (χ2n) is 7.79. The molecule has 0 atom stereocenters. The first-order valence-electron chi connectivity index (χ1n) is 8.37. The maximum atomic E-state index is 10.9. The first-order valence-corrected chi connectivity index (χ1v) is 8.37. The third-order valence-corrected chi connectivity index (χ3v) is 4.47. The van der Waals surface area contributed by atoms with E-state index in [1.807, 2.05) is 12.1 Å². The van der Waals surface area contributed by atoms with Gasteiger partial charge in [0.1, 0.15) is 11.4 Å². The summed E-state index contributed by atoms with van der Waals surface area (Å²) in [6, 6.07) is 12.7. The van der Waals surface area contributed by atoms with Crippen molar-refractivity contribution in [2.75, 3.05) is 0 Å². The molecule has 1 aliphatic heterocycles. The number of carboxylic acids is 1. The monoisotopic (exact) mass is 337 g/mol. The number of aromatic carboxylic acids is 1. The minimum Gasteiger partial charge on any atom is -0.488 e. The molecule has 0 spiro atoms. The van der Waals surface area contributed by atoms with Crippen LogP contribution in [-0.4, -0.2) is 22.9 Å².